The van der Waals surface area contributed by atoms with Crippen molar-refractivity contribution >= 4 is 23.8 Å². The summed E-state index contributed by atoms with van der Waals surface area (Å²) in [6.45, 7) is 1.82. The monoisotopic (exact) mass is 310 g/mol. The first-order valence-corrected chi connectivity index (χ1v) is 8.09. The zero-order chi connectivity index (χ0) is 15.0. The van der Waals surface area contributed by atoms with E-state index in [4.69, 9.17) is 4.42 Å². The van der Waals surface area contributed by atoms with Crippen LogP contribution in [-0.2, 0) is 4.79 Å². The molecule has 6 nitrogen and oxygen atoms in total. The molecule has 2 aliphatic rings. The van der Waals surface area contributed by atoms with Crippen LogP contribution in [0.4, 0.5) is 4.79 Å². The van der Waals surface area contributed by atoms with Gasteiger partial charge in [-0.05, 0) is 37.8 Å². The summed E-state index contributed by atoms with van der Waals surface area (Å²) in [5, 5.41) is 12.1. The average molecular weight is 310 g/mol. The molecule has 2 heterocycles. The minimum Gasteiger partial charge on any atom is -0.480 e. The maximum atomic E-state index is 12.5. The van der Waals surface area contributed by atoms with Gasteiger partial charge in [-0.25, -0.2) is 9.59 Å². The fraction of sp³-hybridized carbons (Fsp3) is 0.571. The average Bonchev–Trinajstić information content (AvgIpc) is 2.98. The van der Waals surface area contributed by atoms with E-state index in [0.717, 1.165) is 12.8 Å². The second-order valence-corrected chi connectivity index (χ2v) is 6.66. The highest BCUT2D eigenvalue weighted by Crippen LogP contribution is 2.45. The molecule has 7 heteroatoms. The third-order valence-electron chi connectivity index (χ3n) is 3.89. The van der Waals surface area contributed by atoms with Crippen LogP contribution in [0.2, 0.25) is 0 Å². The molecule has 0 bridgehead atoms. The molecule has 3 atom stereocenters. The number of aliphatic carboxylic acids is 1. The summed E-state index contributed by atoms with van der Waals surface area (Å²) in [6, 6.07) is 2.19. The van der Waals surface area contributed by atoms with Gasteiger partial charge in [-0.3, -0.25) is 4.90 Å². The smallest absolute Gasteiger partial charge is 0.327 e. The van der Waals surface area contributed by atoms with Gasteiger partial charge in [-0.15, -0.1) is 11.8 Å². The number of thioether (sulfide) groups is 1. The number of hydrogen-bond donors (Lipinski definition) is 2. The van der Waals surface area contributed by atoms with Crippen LogP contribution >= 0.6 is 11.8 Å². The molecule has 1 aromatic rings. The summed E-state index contributed by atoms with van der Waals surface area (Å²) < 4.78 is 5.26. The molecular formula is C14H18N2O4S. The van der Waals surface area contributed by atoms with Crippen LogP contribution in [0.15, 0.2) is 22.8 Å². The normalized spacial score (nSPS) is 26.6. The van der Waals surface area contributed by atoms with Crippen LogP contribution in [0.1, 0.15) is 31.6 Å². The molecule has 0 spiro atoms. The molecule has 0 radical (unpaired) electrons. The second-order valence-electron chi connectivity index (χ2n) is 5.51. The van der Waals surface area contributed by atoms with E-state index in [9.17, 15) is 14.7 Å². The van der Waals surface area contributed by atoms with Crippen molar-refractivity contribution in [1.29, 1.82) is 0 Å². The van der Waals surface area contributed by atoms with Crippen LogP contribution in [0.5, 0.6) is 0 Å². The number of hydrogen-bond acceptors (Lipinski definition) is 4. The standard InChI is InChI=1S/C14H18N2O4S/c1-8(11-3-2-6-20-11)15-14(19)16-10(13(17)18)7-21-12(16)9-4-5-9/h2-3,6,8-10,12H,4-5,7H2,1H3,(H,15,19)(H,17,18). The molecule has 114 valence electrons. The van der Waals surface area contributed by atoms with Gasteiger partial charge in [-0.2, -0.15) is 0 Å². The van der Waals surface area contributed by atoms with E-state index >= 15 is 0 Å². The topological polar surface area (TPSA) is 82.8 Å². The summed E-state index contributed by atoms with van der Waals surface area (Å²) in [7, 11) is 0. The quantitative estimate of drug-likeness (QED) is 0.891. The number of amides is 2. The summed E-state index contributed by atoms with van der Waals surface area (Å²) in [4.78, 5) is 25.4. The Morgan fingerprint density at radius 2 is 2.29 bits per heavy atom. The second kappa shape index (κ2) is 5.63. The van der Waals surface area contributed by atoms with Crippen LogP contribution in [0, 0.1) is 5.92 Å². The van der Waals surface area contributed by atoms with E-state index in [-0.39, 0.29) is 17.4 Å². The molecule has 1 saturated heterocycles. The number of nitrogens with zero attached hydrogens (tertiary/aromatic N) is 1. The number of furan rings is 1. The lowest BCUT2D eigenvalue weighted by Crippen LogP contribution is -2.51. The highest BCUT2D eigenvalue weighted by atomic mass is 32.2. The Kier molecular flexibility index (Phi) is 3.84. The molecule has 21 heavy (non-hydrogen) atoms. The first-order chi connectivity index (χ1) is 10.1. The van der Waals surface area contributed by atoms with Gasteiger partial charge < -0.3 is 14.8 Å². The first-order valence-electron chi connectivity index (χ1n) is 7.04. The van der Waals surface area contributed by atoms with Gasteiger partial charge in [0.2, 0.25) is 0 Å². The Labute approximate surface area is 126 Å². The van der Waals surface area contributed by atoms with Crippen molar-refractivity contribution in [1.82, 2.24) is 10.2 Å². The molecule has 3 rings (SSSR count). The molecule has 2 N–H and O–H groups in total. The van der Waals surface area contributed by atoms with Gasteiger partial charge in [0.25, 0.3) is 0 Å². The number of nitrogens with one attached hydrogen (secondary N) is 1. The van der Waals surface area contributed by atoms with Gasteiger partial charge in [0.1, 0.15) is 11.8 Å². The Bertz CT molecular complexity index is 529. The molecule has 3 unspecified atom stereocenters. The zero-order valence-electron chi connectivity index (χ0n) is 11.7. The lowest BCUT2D eigenvalue weighted by molar-refractivity contribution is -0.141. The van der Waals surface area contributed by atoms with Crippen molar-refractivity contribution in [3.8, 4) is 0 Å². The Morgan fingerprint density at radius 1 is 1.52 bits per heavy atom. The summed E-state index contributed by atoms with van der Waals surface area (Å²) >= 11 is 1.57. The van der Waals surface area contributed by atoms with Gasteiger partial charge in [0.05, 0.1) is 17.7 Å². The molecule has 1 saturated carbocycles. The van der Waals surface area contributed by atoms with Gasteiger partial charge in [0, 0.05) is 5.75 Å². The molecule has 2 fully saturated rings. The third kappa shape index (κ3) is 2.88. The summed E-state index contributed by atoms with van der Waals surface area (Å²) in [5.41, 5.74) is 0. The molecule has 1 aromatic heterocycles. The number of carbonyl (C=O) groups is 2. The summed E-state index contributed by atoms with van der Waals surface area (Å²) in [6.07, 6.45) is 3.69. The predicted octanol–water partition coefficient (Wildman–Crippen LogP) is 2.29. The van der Waals surface area contributed by atoms with Crippen molar-refractivity contribution in [3.05, 3.63) is 24.2 Å². The number of carboxylic acid groups (broad SMARTS) is 1. The lowest BCUT2D eigenvalue weighted by atomic mass is 10.2. The van der Waals surface area contributed by atoms with E-state index in [2.05, 4.69) is 5.32 Å². The van der Waals surface area contributed by atoms with Crippen LogP contribution in [-0.4, -0.2) is 39.2 Å². The van der Waals surface area contributed by atoms with Gasteiger partial charge in [-0.1, -0.05) is 0 Å². The highest BCUT2D eigenvalue weighted by molar-refractivity contribution is 8.00. The fourth-order valence-corrected chi connectivity index (χ4v) is 4.22. The minimum absolute atomic E-state index is 0.0186. The van der Waals surface area contributed by atoms with E-state index in [1.54, 1.807) is 30.2 Å². The maximum Gasteiger partial charge on any atom is 0.327 e. The van der Waals surface area contributed by atoms with E-state index in [0.29, 0.717) is 17.4 Å². The Morgan fingerprint density at radius 3 is 2.86 bits per heavy atom. The number of urea groups is 1. The van der Waals surface area contributed by atoms with Crippen molar-refractivity contribution in [2.75, 3.05) is 5.75 Å². The zero-order valence-corrected chi connectivity index (χ0v) is 12.5. The van der Waals surface area contributed by atoms with E-state index < -0.39 is 12.0 Å². The number of rotatable bonds is 4. The number of carboxylic acids is 1. The van der Waals surface area contributed by atoms with Gasteiger partial charge >= 0.3 is 12.0 Å². The van der Waals surface area contributed by atoms with Crippen LogP contribution < -0.4 is 5.32 Å². The van der Waals surface area contributed by atoms with Gasteiger partial charge in [0.15, 0.2) is 0 Å². The minimum atomic E-state index is -0.938. The number of carbonyl (C=O) groups excluding carboxylic acids is 1. The largest absolute Gasteiger partial charge is 0.480 e. The van der Waals surface area contributed by atoms with Crippen molar-refractivity contribution in [2.45, 2.75) is 37.2 Å². The van der Waals surface area contributed by atoms with Crippen LogP contribution in [0.25, 0.3) is 0 Å². The molecule has 0 aromatic carbocycles. The van der Waals surface area contributed by atoms with E-state index in [1.807, 2.05) is 6.92 Å². The lowest BCUT2D eigenvalue weighted by Gasteiger charge is -2.28. The molecular weight excluding hydrogens is 292 g/mol. The Balaban J connectivity index is 1.72. The fourth-order valence-electron chi connectivity index (χ4n) is 2.59. The van der Waals surface area contributed by atoms with Crippen molar-refractivity contribution in [3.63, 3.8) is 0 Å². The Hall–Kier alpha value is -1.63. The van der Waals surface area contributed by atoms with Crippen molar-refractivity contribution in [2.24, 2.45) is 5.92 Å². The summed E-state index contributed by atoms with van der Waals surface area (Å²) in [5.74, 6) is 0.611. The molecule has 2 amide bonds. The first kappa shape index (κ1) is 14.3. The van der Waals surface area contributed by atoms with Crippen molar-refractivity contribution < 1.29 is 19.1 Å². The SMILES string of the molecule is CC(NC(=O)N1C(C(=O)O)CSC1C1CC1)c1ccco1. The molecule has 1 aliphatic heterocycles. The third-order valence-corrected chi connectivity index (χ3v) is 5.35. The van der Waals surface area contributed by atoms with Crippen LogP contribution in [0.3, 0.4) is 0 Å². The highest BCUT2D eigenvalue weighted by Gasteiger charge is 2.48. The molecule has 1 aliphatic carbocycles. The predicted molar refractivity (Wildman–Crippen MR) is 77.9 cm³/mol. The van der Waals surface area contributed by atoms with E-state index in [1.165, 1.54) is 4.90 Å². The maximum absolute atomic E-state index is 12.5.